The quantitative estimate of drug-likeness (QED) is 0.710. The van der Waals surface area contributed by atoms with Gasteiger partial charge < -0.3 is 14.8 Å². The third-order valence-electron chi connectivity index (χ3n) is 2.62. The van der Waals surface area contributed by atoms with Gasteiger partial charge in [-0.3, -0.25) is 0 Å². The summed E-state index contributed by atoms with van der Waals surface area (Å²) >= 11 is 0. The smallest absolute Gasteiger partial charge is 0.457 e. The highest BCUT2D eigenvalue weighted by Crippen LogP contribution is 2.45. The number of fused-ring (bicyclic) bond motifs is 1. The van der Waals surface area contributed by atoms with Gasteiger partial charge in [0, 0.05) is 5.56 Å². The van der Waals surface area contributed by atoms with Crippen LogP contribution in [0.1, 0.15) is 5.56 Å². The predicted molar refractivity (Wildman–Crippen MR) is 67.1 cm³/mol. The van der Waals surface area contributed by atoms with E-state index in [2.05, 4.69) is 0 Å². The maximum absolute atomic E-state index is 12.3. The van der Waals surface area contributed by atoms with Crippen molar-refractivity contribution in [1.82, 2.24) is 0 Å². The Balaban J connectivity index is 0.000000452. The molecule has 0 amide bonds. The Hall–Kier alpha value is -1.99. The zero-order valence-electron chi connectivity index (χ0n) is 10.1. The molecule has 0 saturated heterocycles. The number of hydrogen-bond donors (Lipinski definition) is 2. The molecule has 2 aliphatic carbocycles. The predicted octanol–water partition coefficient (Wildman–Crippen LogP) is 2.98. The minimum absolute atomic E-state index is 0. The number of rotatable bonds is 2. The molecular weight excluding hydrogens is 272 g/mol. The molecule has 20 heavy (non-hydrogen) atoms. The van der Waals surface area contributed by atoms with Gasteiger partial charge in [0.15, 0.2) is 0 Å². The largest absolute Gasteiger partial charge is 0.482 e. The average Bonchev–Trinajstić information content (AvgIpc) is 3.06. The highest BCUT2D eigenvalue weighted by molar-refractivity contribution is 6.13. The molecule has 0 heterocycles. The van der Waals surface area contributed by atoms with Crippen LogP contribution in [0.25, 0.3) is 11.1 Å². The second-order valence-corrected chi connectivity index (χ2v) is 3.95. The molecule has 1 aromatic rings. The number of hydrogen-bond acceptors (Lipinski definition) is 3. The summed E-state index contributed by atoms with van der Waals surface area (Å²) in [6.07, 6.45) is -4.31. The summed E-state index contributed by atoms with van der Waals surface area (Å²) in [5.74, 6) is 1.10. The van der Waals surface area contributed by atoms with Crippen LogP contribution in [0.2, 0.25) is 0 Å². The molecular formula is C13H9BF3O3. The first-order chi connectivity index (χ1) is 9.45. The van der Waals surface area contributed by atoms with E-state index in [0.29, 0.717) is 11.5 Å². The van der Waals surface area contributed by atoms with E-state index in [1.54, 1.807) is 0 Å². The summed E-state index contributed by atoms with van der Waals surface area (Å²) in [4.78, 5) is 0. The van der Waals surface area contributed by atoms with Crippen LogP contribution in [0.5, 0.6) is 11.5 Å². The lowest BCUT2D eigenvalue weighted by Gasteiger charge is -2.08. The molecule has 0 aliphatic heterocycles. The molecule has 0 atom stereocenters. The maximum Gasteiger partial charge on any atom is 0.482 e. The first kappa shape index (κ1) is 14.4. The van der Waals surface area contributed by atoms with Crippen LogP contribution in [0.15, 0.2) is 42.5 Å². The molecule has 0 saturated carbocycles. The van der Waals surface area contributed by atoms with Crippen molar-refractivity contribution in [1.29, 1.82) is 0 Å². The van der Waals surface area contributed by atoms with Crippen LogP contribution >= 0.6 is 0 Å². The van der Waals surface area contributed by atoms with Gasteiger partial charge >= 0.3 is 13.9 Å². The summed E-state index contributed by atoms with van der Waals surface area (Å²) in [6.45, 7) is 0. The fourth-order valence-electron chi connectivity index (χ4n) is 1.65. The molecule has 7 heteroatoms. The van der Waals surface area contributed by atoms with Gasteiger partial charge in [-0.25, -0.2) is 0 Å². The second-order valence-electron chi connectivity index (χ2n) is 3.95. The highest BCUT2D eigenvalue weighted by Gasteiger charge is 2.30. The molecule has 0 aromatic heterocycles. The molecule has 1 radical (unpaired) electrons. The Bertz CT molecular complexity index is 597. The second kappa shape index (κ2) is 5.56. The van der Waals surface area contributed by atoms with Gasteiger partial charge in [-0.2, -0.15) is 13.2 Å². The van der Waals surface area contributed by atoms with Gasteiger partial charge in [0.05, 0.1) is 5.56 Å². The third kappa shape index (κ3) is 3.31. The van der Waals surface area contributed by atoms with Crippen LogP contribution < -0.4 is 4.74 Å². The van der Waals surface area contributed by atoms with Gasteiger partial charge in [0.1, 0.15) is 11.5 Å². The third-order valence-corrected chi connectivity index (χ3v) is 2.62. The van der Waals surface area contributed by atoms with Crippen molar-refractivity contribution >= 4 is 7.69 Å². The lowest BCUT2D eigenvalue weighted by molar-refractivity contribution is -0.137. The number of ether oxygens (including phenoxy) is 1. The molecule has 3 nitrogen and oxygen atoms in total. The fraction of sp³-hybridized carbons (Fsp3) is 0.0769. The SMILES string of the molecule is FC(F)(F)c1ccc(Oc2ccc3cc2-3)cc1.O[B]O. The van der Waals surface area contributed by atoms with E-state index in [9.17, 15) is 13.2 Å². The van der Waals surface area contributed by atoms with E-state index in [4.69, 9.17) is 14.8 Å². The Morgan fingerprint density at radius 2 is 1.55 bits per heavy atom. The fourth-order valence-corrected chi connectivity index (χ4v) is 1.65. The average molecular weight is 281 g/mol. The summed E-state index contributed by atoms with van der Waals surface area (Å²) in [5.41, 5.74) is 1.49. The van der Waals surface area contributed by atoms with Crippen LogP contribution in [0.4, 0.5) is 13.2 Å². The van der Waals surface area contributed by atoms with Crippen molar-refractivity contribution in [3.05, 3.63) is 48.0 Å². The van der Waals surface area contributed by atoms with E-state index < -0.39 is 11.7 Å². The maximum atomic E-state index is 12.3. The Morgan fingerprint density at radius 3 is 1.95 bits per heavy atom. The minimum atomic E-state index is -4.31. The Labute approximate surface area is 113 Å². The van der Waals surface area contributed by atoms with E-state index in [1.165, 1.54) is 12.1 Å². The summed E-state index contributed by atoms with van der Waals surface area (Å²) in [6, 6.07) is 10.4. The zero-order valence-corrected chi connectivity index (χ0v) is 10.1. The van der Waals surface area contributed by atoms with Crippen molar-refractivity contribution in [2.75, 3.05) is 0 Å². The Morgan fingerprint density at radius 1 is 0.950 bits per heavy atom. The van der Waals surface area contributed by atoms with Gasteiger partial charge in [0.25, 0.3) is 0 Å². The molecule has 1 aromatic carbocycles. The molecule has 0 unspecified atom stereocenters. The van der Waals surface area contributed by atoms with Gasteiger partial charge in [-0.1, -0.05) is 6.07 Å². The van der Waals surface area contributed by atoms with Crippen LogP contribution in [-0.2, 0) is 6.18 Å². The highest BCUT2D eigenvalue weighted by atomic mass is 19.4. The summed E-state index contributed by atoms with van der Waals surface area (Å²) in [5, 5.41) is 14.0. The van der Waals surface area contributed by atoms with Crippen molar-refractivity contribution in [2.45, 2.75) is 6.18 Å². The number of halogens is 3. The summed E-state index contributed by atoms with van der Waals surface area (Å²) < 4.78 is 42.4. The van der Waals surface area contributed by atoms with E-state index in [1.807, 2.05) is 18.2 Å². The topological polar surface area (TPSA) is 49.7 Å². The van der Waals surface area contributed by atoms with E-state index in [0.717, 1.165) is 23.3 Å². The zero-order chi connectivity index (χ0) is 14.8. The molecule has 0 fully saturated rings. The molecule has 2 N–H and O–H groups in total. The van der Waals surface area contributed by atoms with E-state index in [-0.39, 0.29) is 7.69 Å². The van der Waals surface area contributed by atoms with Crippen LogP contribution in [0, 0.1) is 0 Å². The van der Waals surface area contributed by atoms with Crippen molar-refractivity contribution in [3.8, 4) is 22.6 Å². The van der Waals surface area contributed by atoms with Crippen LogP contribution in [0.3, 0.4) is 0 Å². The summed E-state index contributed by atoms with van der Waals surface area (Å²) in [7, 11) is 0. The molecule has 2 aliphatic rings. The minimum Gasteiger partial charge on any atom is -0.457 e. The first-order valence-corrected chi connectivity index (χ1v) is 5.55. The van der Waals surface area contributed by atoms with Crippen LogP contribution in [-0.4, -0.2) is 17.7 Å². The lowest BCUT2D eigenvalue weighted by Crippen LogP contribution is -2.03. The number of alkyl halides is 3. The number of benzene rings is 2. The monoisotopic (exact) mass is 281 g/mol. The lowest BCUT2D eigenvalue weighted by atomic mass is 10.2. The molecule has 0 spiro atoms. The molecule has 103 valence electrons. The van der Waals surface area contributed by atoms with Gasteiger partial charge in [0.2, 0.25) is 0 Å². The molecule has 3 rings (SSSR count). The Kier molecular flexibility index (Phi) is 4.01. The van der Waals surface area contributed by atoms with Gasteiger partial charge in [-0.15, -0.1) is 0 Å². The first-order valence-electron chi connectivity index (χ1n) is 5.55. The van der Waals surface area contributed by atoms with Gasteiger partial charge in [-0.05, 0) is 42.0 Å². The molecule has 0 bridgehead atoms. The van der Waals surface area contributed by atoms with Crippen molar-refractivity contribution in [3.63, 3.8) is 0 Å². The normalized spacial score (nSPS) is 11.2. The standard InChI is InChI=1S/C13H7F3O.BH2O2/c14-13(15,16)9-2-4-10(5-3-9)17-12-6-1-8-7-11(8)12;2-1-3/h1-7H;2-3H. The van der Waals surface area contributed by atoms with E-state index >= 15 is 0 Å². The van der Waals surface area contributed by atoms with Crippen molar-refractivity contribution < 1.29 is 28.0 Å². The van der Waals surface area contributed by atoms with Crippen molar-refractivity contribution in [2.24, 2.45) is 0 Å².